The van der Waals surface area contributed by atoms with Crippen molar-refractivity contribution in [3.63, 3.8) is 0 Å². The normalized spacial score (nSPS) is 16.7. The zero-order valence-electron chi connectivity index (χ0n) is 23.6. The molecule has 0 bridgehead atoms. The number of nitrogens with zero attached hydrogens (tertiary/aromatic N) is 7. The van der Waals surface area contributed by atoms with Gasteiger partial charge >= 0.3 is 0 Å². The van der Waals surface area contributed by atoms with Gasteiger partial charge in [-0.1, -0.05) is 18.2 Å². The van der Waals surface area contributed by atoms with Crippen LogP contribution in [-0.4, -0.2) is 81.8 Å². The van der Waals surface area contributed by atoms with Gasteiger partial charge in [0, 0.05) is 38.4 Å². The van der Waals surface area contributed by atoms with Crippen LogP contribution >= 0.6 is 0 Å². The van der Waals surface area contributed by atoms with Crippen LogP contribution in [0.1, 0.15) is 18.4 Å². The van der Waals surface area contributed by atoms with E-state index in [1.54, 1.807) is 21.6 Å². The molecule has 0 atom stereocenters. The summed E-state index contributed by atoms with van der Waals surface area (Å²) in [6, 6.07) is 11.9. The summed E-state index contributed by atoms with van der Waals surface area (Å²) in [6.45, 7) is 11.2. The van der Waals surface area contributed by atoms with Gasteiger partial charge in [-0.2, -0.15) is 9.97 Å². The molecule has 11 heteroatoms. The average Bonchev–Trinajstić information content (AvgIpc) is 3.25. The van der Waals surface area contributed by atoms with Gasteiger partial charge in [0.05, 0.1) is 31.1 Å². The fourth-order valence-electron chi connectivity index (χ4n) is 5.42. The highest BCUT2D eigenvalue weighted by Gasteiger charge is 2.22. The van der Waals surface area contributed by atoms with Crippen LogP contribution < -0.4 is 20.5 Å². The van der Waals surface area contributed by atoms with Crippen LogP contribution in [0.15, 0.2) is 60.0 Å². The molecule has 1 aromatic carbocycles. The van der Waals surface area contributed by atoms with E-state index in [1.807, 2.05) is 18.2 Å². The highest BCUT2D eigenvalue weighted by atomic mass is 16.5. The summed E-state index contributed by atoms with van der Waals surface area (Å²) in [6.07, 6.45) is 5.27. The Bertz CT molecular complexity index is 1600. The summed E-state index contributed by atoms with van der Waals surface area (Å²) >= 11 is 0. The smallest absolute Gasteiger partial charge is 0.278 e. The number of aryl methyl sites for hydroxylation is 1. The lowest BCUT2D eigenvalue weighted by atomic mass is 10.1. The Balaban J connectivity index is 1.37. The van der Waals surface area contributed by atoms with Gasteiger partial charge < -0.3 is 24.6 Å². The minimum absolute atomic E-state index is 0.110. The first-order valence-electron chi connectivity index (χ1n) is 14.1. The Hall–Kier alpha value is -4.22. The molecule has 4 aromatic rings. The first-order valence-corrected chi connectivity index (χ1v) is 14.1. The number of hydrogen-bond donors (Lipinski definition) is 1. The van der Waals surface area contributed by atoms with E-state index in [0.717, 1.165) is 56.0 Å². The summed E-state index contributed by atoms with van der Waals surface area (Å²) in [5.41, 5.74) is 3.32. The van der Waals surface area contributed by atoms with E-state index in [-0.39, 0.29) is 11.7 Å². The van der Waals surface area contributed by atoms with Crippen LogP contribution in [0.3, 0.4) is 0 Å². The Morgan fingerprint density at radius 3 is 2.71 bits per heavy atom. The molecule has 6 rings (SSSR count). The SMILES string of the molecule is C=CCn1c(=O)c2cnc(Nc3cc(C)ccc3N3CCOCC3)nc2n1-c1cccc(OC2CCN(C)CC2)n1. The van der Waals surface area contributed by atoms with Crippen molar-refractivity contribution in [2.24, 2.45) is 0 Å². The number of aromatic nitrogens is 5. The lowest BCUT2D eigenvalue weighted by Crippen LogP contribution is -2.36. The largest absolute Gasteiger partial charge is 0.474 e. The highest BCUT2D eigenvalue weighted by Crippen LogP contribution is 2.30. The van der Waals surface area contributed by atoms with Crippen LogP contribution in [0.2, 0.25) is 0 Å². The Kier molecular flexibility index (Phi) is 7.71. The highest BCUT2D eigenvalue weighted by molar-refractivity contribution is 5.79. The van der Waals surface area contributed by atoms with Crippen molar-refractivity contribution in [1.29, 1.82) is 0 Å². The number of allylic oxidation sites excluding steroid dienone is 1. The number of nitrogens with one attached hydrogen (secondary N) is 1. The predicted octanol–water partition coefficient (Wildman–Crippen LogP) is 3.52. The van der Waals surface area contributed by atoms with Crippen molar-refractivity contribution in [1.82, 2.24) is 29.2 Å². The molecule has 0 amide bonds. The number of rotatable bonds is 8. The quantitative estimate of drug-likeness (QED) is 0.327. The summed E-state index contributed by atoms with van der Waals surface area (Å²) in [5.74, 6) is 1.46. The number of benzene rings is 1. The standard InChI is InChI=1S/C30H36N8O3/c1-4-12-37-29(39)23-20-31-30(32-24-19-21(2)8-9-25(24)36-15-17-40-18-16-36)34-28(23)38(37)26-6-5-7-27(33-26)41-22-10-13-35(3)14-11-22/h4-9,19-20,22H,1,10-18H2,2-3H3,(H,31,32,34). The Morgan fingerprint density at radius 2 is 1.93 bits per heavy atom. The van der Waals surface area contributed by atoms with E-state index in [2.05, 4.69) is 58.9 Å². The lowest BCUT2D eigenvalue weighted by Gasteiger charge is -2.30. The second-order valence-electron chi connectivity index (χ2n) is 10.6. The van der Waals surface area contributed by atoms with Crippen molar-refractivity contribution in [3.8, 4) is 11.7 Å². The number of hydrogen-bond acceptors (Lipinski definition) is 9. The molecule has 2 fully saturated rings. The van der Waals surface area contributed by atoms with Crippen LogP contribution in [0.5, 0.6) is 5.88 Å². The molecule has 0 aliphatic carbocycles. The summed E-state index contributed by atoms with van der Waals surface area (Å²) < 4.78 is 15.1. The molecule has 2 aliphatic rings. The molecule has 41 heavy (non-hydrogen) atoms. The molecule has 0 unspecified atom stereocenters. The Labute approximate surface area is 239 Å². The zero-order chi connectivity index (χ0) is 28.3. The minimum atomic E-state index is -0.209. The molecule has 5 heterocycles. The molecule has 0 spiro atoms. The van der Waals surface area contributed by atoms with Crippen LogP contribution in [-0.2, 0) is 11.3 Å². The van der Waals surface area contributed by atoms with Crippen molar-refractivity contribution in [3.05, 3.63) is 71.2 Å². The lowest BCUT2D eigenvalue weighted by molar-refractivity contribution is 0.110. The van der Waals surface area contributed by atoms with Crippen molar-refractivity contribution in [2.45, 2.75) is 32.4 Å². The van der Waals surface area contributed by atoms with Crippen molar-refractivity contribution < 1.29 is 9.47 Å². The molecule has 2 aliphatic heterocycles. The molecular weight excluding hydrogens is 520 g/mol. The number of morpholine rings is 1. The van der Waals surface area contributed by atoms with Gasteiger partial charge in [0.25, 0.3) is 5.56 Å². The molecule has 2 saturated heterocycles. The summed E-state index contributed by atoms with van der Waals surface area (Å²) in [4.78, 5) is 32.2. The maximum absolute atomic E-state index is 13.4. The van der Waals surface area contributed by atoms with Gasteiger partial charge in [0.15, 0.2) is 11.5 Å². The molecule has 214 valence electrons. The van der Waals surface area contributed by atoms with Gasteiger partial charge in [0.1, 0.15) is 11.5 Å². The van der Waals surface area contributed by atoms with E-state index >= 15 is 0 Å². The van der Waals surface area contributed by atoms with Crippen LogP contribution in [0.4, 0.5) is 17.3 Å². The second-order valence-corrected chi connectivity index (χ2v) is 10.6. The summed E-state index contributed by atoms with van der Waals surface area (Å²) in [7, 11) is 2.12. The van der Waals surface area contributed by atoms with E-state index in [1.165, 1.54) is 0 Å². The second kappa shape index (κ2) is 11.7. The molecule has 1 N–H and O–H groups in total. The third kappa shape index (κ3) is 5.68. The van der Waals surface area contributed by atoms with Gasteiger partial charge in [0.2, 0.25) is 11.8 Å². The van der Waals surface area contributed by atoms with Crippen LogP contribution in [0, 0.1) is 6.92 Å². The number of anilines is 3. The third-order valence-corrected chi connectivity index (χ3v) is 7.61. The monoisotopic (exact) mass is 556 g/mol. The van der Waals surface area contributed by atoms with Crippen molar-refractivity contribution in [2.75, 3.05) is 56.7 Å². The number of piperidine rings is 1. The number of ether oxygens (including phenoxy) is 2. The maximum atomic E-state index is 13.4. The molecule has 3 aromatic heterocycles. The number of fused-ring (bicyclic) bond motifs is 1. The fourth-order valence-corrected chi connectivity index (χ4v) is 5.42. The van der Waals surface area contributed by atoms with Gasteiger partial charge in [-0.05, 0) is 50.6 Å². The first kappa shape index (κ1) is 27.0. The van der Waals surface area contributed by atoms with Crippen molar-refractivity contribution >= 4 is 28.4 Å². The van der Waals surface area contributed by atoms with Crippen LogP contribution in [0.25, 0.3) is 16.9 Å². The van der Waals surface area contributed by atoms with Gasteiger partial charge in [-0.3, -0.25) is 4.79 Å². The number of likely N-dealkylation sites (tertiary alicyclic amines) is 1. The molecular formula is C30H36N8O3. The molecule has 0 saturated carbocycles. The zero-order valence-corrected chi connectivity index (χ0v) is 23.6. The van der Waals surface area contributed by atoms with Gasteiger partial charge in [-0.15, -0.1) is 6.58 Å². The van der Waals surface area contributed by atoms with E-state index in [9.17, 15) is 4.79 Å². The summed E-state index contributed by atoms with van der Waals surface area (Å²) in [5, 5.41) is 3.81. The molecule has 11 nitrogen and oxygen atoms in total. The number of pyridine rings is 1. The first-order chi connectivity index (χ1) is 20.0. The average molecular weight is 557 g/mol. The third-order valence-electron chi connectivity index (χ3n) is 7.61. The fraction of sp³-hybridized carbons (Fsp3) is 0.400. The Morgan fingerprint density at radius 1 is 1.12 bits per heavy atom. The molecule has 0 radical (unpaired) electrons. The maximum Gasteiger partial charge on any atom is 0.278 e. The predicted molar refractivity (Wildman–Crippen MR) is 160 cm³/mol. The van der Waals surface area contributed by atoms with E-state index in [0.29, 0.717) is 48.4 Å². The minimum Gasteiger partial charge on any atom is -0.474 e. The van der Waals surface area contributed by atoms with E-state index < -0.39 is 0 Å². The van der Waals surface area contributed by atoms with Gasteiger partial charge in [-0.25, -0.2) is 14.3 Å². The van der Waals surface area contributed by atoms with E-state index in [4.69, 9.17) is 19.4 Å². The topological polar surface area (TPSA) is 103 Å².